The summed E-state index contributed by atoms with van der Waals surface area (Å²) in [5.41, 5.74) is 0.379. The zero-order chi connectivity index (χ0) is 14.0. The van der Waals surface area contributed by atoms with E-state index in [9.17, 15) is 14.4 Å². The third kappa shape index (κ3) is 2.57. The number of hydrogen-bond donors (Lipinski definition) is 2. The first-order chi connectivity index (χ1) is 9.00. The lowest BCUT2D eigenvalue weighted by Gasteiger charge is -2.22. The van der Waals surface area contributed by atoms with Gasteiger partial charge in [-0.2, -0.15) is 0 Å². The molecule has 1 aromatic carbocycles. The number of carbonyl (C=O) groups is 3. The first-order valence-corrected chi connectivity index (χ1v) is 5.90. The van der Waals surface area contributed by atoms with Gasteiger partial charge in [-0.1, -0.05) is 12.1 Å². The number of anilines is 1. The quantitative estimate of drug-likeness (QED) is 0.836. The van der Waals surface area contributed by atoms with E-state index in [0.717, 1.165) is 0 Å². The molecule has 0 radical (unpaired) electrons. The van der Waals surface area contributed by atoms with E-state index in [2.05, 4.69) is 5.32 Å². The van der Waals surface area contributed by atoms with Gasteiger partial charge in [0.15, 0.2) is 0 Å². The van der Waals surface area contributed by atoms with Crippen molar-refractivity contribution in [3.8, 4) is 0 Å². The van der Waals surface area contributed by atoms with Crippen LogP contribution in [0.4, 0.5) is 5.69 Å². The van der Waals surface area contributed by atoms with Crippen LogP contribution in [0.25, 0.3) is 0 Å². The molecule has 6 nitrogen and oxygen atoms in total. The predicted octanol–water partition coefficient (Wildman–Crippen LogP) is 0.626. The van der Waals surface area contributed by atoms with Crippen molar-refractivity contribution in [1.29, 1.82) is 0 Å². The van der Waals surface area contributed by atoms with E-state index in [1.54, 1.807) is 18.2 Å². The summed E-state index contributed by atoms with van der Waals surface area (Å²) in [6.07, 6.45) is 0.766. The van der Waals surface area contributed by atoms with Crippen LogP contribution < -0.4 is 10.2 Å². The third-order valence-corrected chi connectivity index (χ3v) is 3.12. The normalized spacial score (nSPS) is 17.9. The van der Waals surface area contributed by atoms with Crippen molar-refractivity contribution in [2.24, 2.45) is 0 Å². The summed E-state index contributed by atoms with van der Waals surface area (Å²) in [4.78, 5) is 35.7. The maximum Gasteiger partial charge on any atom is 0.337 e. The van der Waals surface area contributed by atoms with E-state index in [4.69, 9.17) is 5.11 Å². The van der Waals surface area contributed by atoms with Gasteiger partial charge in [0.25, 0.3) is 0 Å². The van der Waals surface area contributed by atoms with Gasteiger partial charge in [-0.3, -0.25) is 9.59 Å². The van der Waals surface area contributed by atoms with E-state index in [1.807, 2.05) is 0 Å². The Bertz CT molecular complexity index is 541. The van der Waals surface area contributed by atoms with Crippen molar-refractivity contribution in [3.05, 3.63) is 29.8 Å². The molecule has 1 fully saturated rings. The molecular formula is C13H14N2O4. The van der Waals surface area contributed by atoms with E-state index >= 15 is 0 Å². The molecule has 0 aromatic heterocycles. The molecule has 2 rings (SSSR count). The van der Waals surface area contributed by atoms with Crippen molar-refractivity contribution in [1.82, 2.24) is 5.32 Å². The minimum atomic E-state index is -1.09. The second-order valence-corrected chi connectivity index (χ2v) is 4.38. The molecule has 1 saturated heterocycles. The second-order valence-electron chi connectivity index (χ2n) is 4.38. The highest BCUT2D eigenvalue weighted by atomic mass is 16.4. The lowest BCUT2D eigenvalue weighted by molar-refractivity contribution is -0.123. The smallest absolute Gasteiger partial charge is 0.337 e. The summed E-state index contributed by atoms with van der Waals surface area (Å²) in [7, 11) is 1.51. The standard InChI is InChI=1S/C13H14N2O4/c1-15(12(17)9-6-7-11(16)14-9)10-5-3-2-4-8(10)13(18)19/h2-5,9H,6-7H2,1H3,(H,14,16)(H,18,19)/t9-/m0/s1. The fraction of sp³-hybridized carbons (Fsp3) is 0.308. The maximum absolute atomic E-state index is 12.2. The lowest BCUT2D eigenvalue weighted by atomic mass is 10.1. The molecule has 1 aromatic rings. The number of carbonyl (C=O) groups excluding carboxylic acids is 2. The maximum atomic E-state index is 12.2. The SMILES string of the molecule is CN(C(=O)[C@@H]1CCC(=O)N1)c1ccccc1C(=O)O. The lowest BCUT2D eigenvalue weighted by Crippen LogP contribution is -2.43. The molecule has 0 unspecified atom stereocenters. The minimum absolute atomic E-state index is 0.0580. The average molecular weight is 262 g/mol. The Morgan fingerprint density at radius 2 is 2.05 bits per heavy atom. The number of likely N-dealkylation sites (N-methyl/N-ethyl adjacent to an activating group) is 1. The van der Waals surface area contributed by atoms with Crippen LogP contribution in [0.3, 0.4) is 0 Å². The molecule has 1 aliphatic rings. The van der Waals surface area contributed by atoms with Crippen molar-refractivity contribution in [2.45, 2.75) is 18.9 Å². The highest BCUT2D eigenvalue weighted by molar-refractivity contribution is 6.05. The number of amides is 2. The third-order valence-electron chi connectivity index (χ3n) is 3.12. The number of carboxylic acids is 1. The Morgan fingerprint density at radius 1 is 1.37 bits per heavy atom. The van der Waals surface area contributed by atoms with Crippen LogP contribution in [0, 0.1) is 0 Å². The molecule has 1 aliphatic heterocycles. The summed E-state index contributed by atoms with van der Waals surface area (Å²) in [5, 5.41) is 11.7. The number of hydrogen-bond acceptors (Lipinski definition) is 3. The number of nitrogens with zero attached hydrogens (tertiary/aromatic N) is 1. The van der Waals surface area contributed by atoms with Crippen LogP contribution in [0.2, 0.25) is 0 Å². The van der Waals surface area contributed by atoms with Gasteiger partial charge in [0.1, 0.15) is 6.04 Å². The Labute approximate surface area is 110 Å². The van der Waals surface area contributed by atoms with E-state index < -0.39 is 12.0 Å². The van der Waals surface area contributed by atoms with Gasteiger partial charge in [-0.05, 0) is 18.6 Å². The van der Waals surface area contributed by atoms with Crippen molar-refractivity contribution >= 4 is 23.5 Å². The average Bonchev–Trinajstić information content (AvgIpc) is 2.83. The number of para-hydroxylation sites is 1. The van der Waals surface area contributed by atoms with Crippen LogP contribution in [0.1, 0.15) is 23.2 Å². The minimum Gasteiger partial charge on any atom is -0.478 e. The summed E-state index contributed by atoms with van der Waals surface area (Å²) in [5.74, 6) is -1.55. The highest BCUT2D eigenvalue weighted by Gasteiger charge is 2.30. The van der Waals surface area contributed by atoms with E-state index in [-0.39, 0.29) is 17.4 Å². The summed E-state index contributed by atoms with van der Waals surface area (Å²) in [6.45, 7) is 0. The van der Waals surface area contributed by atoms with Gasteiger partial charge in [0, 0.05) is 13.5 Å². The van der Waals surface area contributed by atoms with Gasteiger partial charge in [0.2, 0.25) is 11.8 Å². The number of aromatic carboxylic acids is 1. The van der Waals surface area contributed by atoms with Crippen LogP contribution in [-0.2, 0) is 9.59 Å². The van der Waals surface area contributed by atoms with Crippen LogP contribution in [0.15, 0.2) is 24.3 Å². The second kappa shape index (κ2) is 5.09. The molecule has 1 heterocycles. The summed E-state index contributed by atoms with van der Waals surface area (Å²) >= 11 is 0. The molecule has 6 heteroatoms. The molecule has 0 saturated carbocycles. The molecule has 0 spiro atoms. The fourth-order valence-electron chi connectivity index (χ4n) is 2.10. The molecule has 0 bridgehead atoms. The van der Waals surface area contributed by atoms with Crippen LogP contribution in [0.5, 0.6) is 0 Å². The van der Waals surface area contributed by atoms with Crippen molar-refractivity contribution < 1.29 is 19.5 Å². The van der Waals surface area contributed by atoms with E-state index in [1.165, 1.54) is 18.0 Å². The van der Waals surface area contributed by atoms with Gasteiger partial charge in [-0.25, -0.2) is 4.79 Å². The Morgan fingerprint density at radius 3 is 2.63 bits per heavy atom. The zero-order valence-electron chi connectivity index (χ0n) is 10.4. The van der Waals surface area contributed by atoms with E-state index in [0.29, 0.717) is 18.5 Å². The molecule has 0 aliphatic carbocycles. The molecule has 100 valence electrons. The predicted molar refractivity (Wildman–Crippen MR) is 68.0 cm³/mol. The largest absolute Gasteiger partial charge is 0.478 e. The van der Waals surface area contributed by atoms with Gasteiger partial charge in [0.05, 0.1) is 11.3 Å². The fourth-order valence-corrected chi connectivity index (χ4v) is 2.10. The number of carboxylic acid groups (broad SMARTS) is 1. The molecular weight excluding hydrogens is 248 g/mol. The van der Waals surface area contributed by atoms with Crippen molar-refractivity contribution in [2.75, 3.05) is 11.9 Å². The topological polar surface area (TPSA) is 86.7 Å². The Kier molecular flexibility index (Phi) is 3.50. The number of rotatable bonds is 3. The van der Waals surface area contributed by atoms with Crippen LogP contribution >= 0.6 is 0 Å². The summed E-state index contributed by atoms with van der Waals surface area (Å²) in [6, 6.07) is 5.70. The highest BCUT2D eigenvalue weighted by Crippen LogP contribution is 2.21. The first kappa shape index (κ1) is 13.1. The molecule has 1 atom stereocenters. The molecule has 2 amide bonds. The molecule has 19 heavy (non-hydrogen) atoms. The van der Waals surface area contributed by atoms with Gasteiger partial charge >= 0.3 is 5.97 Å². The van der Waals surface area contributed by atoms with Crippen LogP contribution in [-0.4, -0.2) is 36.0 Å². The number of benzene rings is 1. The first-order valence-electron chi connectivity index (χ1n) is 5.90. The van der Waals surface area contributed by atoms with Gasteiger partial charge in [-0.15, -0.1) is 0 Å². The van der Waals surface area contributed by atoms with Crippen molar-refractivity contribution in [3.63, 3.8) is 0 Å². The molecule has 2 N–H and O–H groups in total. The Balaban J connectivity index is 2.24. The Hall–Kier alpha value is -2.37. The summed E-state index contributed by atoms with van der Waals surface area (Å²) < 4.78 is 0. The monoisotopic (exact) mass is 262 g/mol. The van der Waals surface area contributed by atoms with Gasteiger partial charge < -0.3 is 15.3 Å². The number of nitrogens with one attached hydrogen (secondary N) is 1. The zero-order valence-corrected chi connectivity index (χ0v) is 10.4.